The van der Waals surface area contributed by atoms with Gasteiger partial charge in [0.2, 0.25) is 6.04 Å². The Labute approximate surface area is 169 Å². The average Bonchev–Trinajstić information content (AvgIpc) is 3.04. The molecule has 0 saturated carbocycles. The fourth-order valence-corrected chi connectivity index (χ4v) is 2.67. The molecule has 11 heteroatoms. The molecule has 0 N–H and O–H groups in total. The zero-order chi connectivity index (χ0) is 21.0. The van der Waals surface area contributed by atoms with Gasteiger partial charge in [-0.15, -0.1) is 5.11 Å². The Bertz CT molecular complexity index is 1020. The lowest BCUT2D eigenvalue weighted by Gasteiger charge is -2.11. The highest BCUT2D eigenvalue weighted by Crippen LogP contribution is 2.31. The summed E-state index contributed by atoms with van der Waals surface area (Å²) in [5, 5.41) is 24.1. The van der Waals surface area contributed by atoms with E-state index >= 15 is 0 Å². The second-order valence-corrected chi connectivity index (χ2v) is 6.14. The van der Waals surface area contributed by atoms with E-state index < -0.39 is 22.8 Å². The normalized spacial score (nSPS) is 16.2. The third-order valence-electron chi connectivity index (χ3n) is 3.81. The Morgan fingerprint density at radius 1 is 1.31 bits per heavy atom. The Morgan fingerprint density at radius 3 is 2.69 bits per heavy atom. The summed E-state index contributed by atoms with van der Waals surface area (Å²) >= 11 is 5.78. The maximum atomic E-state index is 12.8. The number of para-hydroxylation sites is 1. The van der Waals surface area contributed by atoms with Crippen LogP contribution in [0.3, 0.4) is 0 Å². The number of carbonyl (C=O) groups excluding carboxylic acids is 2. The van der Waals surface area contributed by atoms with Crippen molar-refractivity contribution in [1.82, 2.24) is 0 Å². The van der Waals surface area contributed by atoms with Crippen LogP contribution in [0.4, 0.5) is 17.1 Å². The van der Waals surface area contributed by atoms with Crippen molar-refractivity contribution in [3.05, 3.63) is 63.7 Å². The van der Waals surface area contributed by atoms with Crippen LogP contribution in [-0.4, -0.2) is 35.2 Å². The number of esters is 1. The molecule has 1 amide bonds. The molecule has 10 nitrogen and oxygen atoms in total. The number of ether oxygens (including phenoxy) is 1. The highest BCUT2D eigenvalue weighted by Gasteiger charge is 2.41. The first-order valence-corrected chi connectivity index (χ1v) is 8.79. The number of amides is 1. The van der Waals surface area contributed by atoms with E-state index in [0.717, 1.165) is 11.1 Å². The summed E-state index contributed by atoms with van der Waals surface area (Å²) in [4.78, 5) is 35.6. The number of hydrazone groups is 1. The molecule has 0 fully saturated rings. The zero-order valence-electron chi connectivity index (χ0n) is 15.1. The first kappa shape index (κ1) is 20.1. The zero-order valence-corrected chi connectivity index (χ0v) is 15.8. The molecule has 1 heterocycles. The van der Waals surface area contributed by atoms with Gasteiger partial charge in [0.1, 0.15) is 0 Å². The SMILES string of the molecule is CCOC(=O)C1=NN(c2ccccc2)C(=O)C1N=Nc1ccc(Cl)cc1[N+](=O)[O-]. The average molecular weight is 416 g/mol. The molecule has 1 atom stereocenters. The van der Waals surface area contributed by atoms with Crippen molar-refractivity contribution >= 4 is 46.3 Å². The van der Waals surface area contributed by atoms with Crippen molar-refractivity contribution in [3.8, 4) is 0 Å². The number of rotatable bonds is 6. The van der Waals surface area contributed by atoms with Crippen molar-refractivity contribution < 1.29 is 19.2 Å². The molecule has 1 aliphatic heterocycles. The first-order chi connectivity index (χ1) is 13.9. The Morgan fingerprint density at radius 2 is 2.03 bits per heavy atom. The standard InChI is InChI=1S/C18H14ClN5O5/c1-2-29-18(26)16-15(17(25)23(22-16)12-6-4-3-5-7-12)21-20-13-9-8-11(19)10-14(13)24(27)28/h3-10,15H,2H2,1H3. The number of nitro benzene ring substituents is 1. The van der Waals surface area contributed by atoms with Gasteiger partial charge in [-0.2, -0.15) is 15.2 Å². The fraction of sp³-hybridized carbons (Fsp3) is 0.167. The maximum absolute atomic E-state index is 12.8. The number of hydrogen-bond donors (Lipinski definition) is 0. The molecule has 0 saturated heterocycles. The number of nitrogens with zero attached hydrogens (tertiary/aromatic N) is 5. The Hall–Kier alpha value is -3.66. The third kappa shape index (κ3) is 4.27. The van der Waals surface area contributed by atoms with Crippen molar-refractivity contribution in [2.75, 3.05) is 11.6 Å². The van der Waals surface area contributed by atoms with Gasteiger partial charge in [0.15, 0.2) is 11.4 Å². The Kier molecular flexibility index (Phi) is 5.93. The molecule has 29 heavy (non-hydrogen) atoms. The second-order valence-electron chi connectivity index (χ2n) is 5.70. The highest BCUT2D eigenvalue weighted by atomic mass is 35.5. The summed E-state index contributed by atoms with van der Waals surface area (Å²) in [5.41, 5.74) is -0.342. The molecule has 3 rings (SSSR count). The van der Waals surface area contributed by atoms with E-state index in [2.05, 4.69) is 15.3 Å². The summed E-state index contributed by atoms with van der Waals surface area (Å²) in [6, 6.07) is 10.8. The van der Waals surface area contributed by atoms with E-state index in [4.69, 9.17) is 16.3 Å². The van der Waals surface area contributed by atoms with Crippen LogP contribution in [-0.2, 0) is 14.3 Å². The van der Waals surface area contributed by atoms with Crippen LogP contribution >= 0.6 is 11.6 Å². The van der Waals surface area contributed by atoms with E-state index in [9.17, 15) is 19.7 Å². The largest absolute Gasteiger partial charge is 0.461 e. The molecular formula is C18H14ClN5O5. The van der Waals surface area contributed by atoms with Gasteiger partial charge in [0.25, 0.3) is 11.6 Å². The molecule has 1 unspecified atom stereocenters. The number of hydrogen-bond acceptors (Lipinski definition) is 8. The van der Waals surface area contributed by atoms with Crippen LogP contribution in [0.1, 0.15) is 6.92 Å². The molecule has 1 aliphatic rings. The molecule has 0 aliphatic carbocycles. The van der Waals surface area contributed by atoms with Crippen LogP contribution in [0.5, 0.6) is 0 Å². The molecule has 0 spiro atoms. The summed E-state index contributed by atoms with van der Waals surface area (Å²) < 4.78 is 4.94. The number of carbonyl (C=O) groups is 2. The lowest BCUT2D eigenvalue weighted by Crippen LogP contribution is -2.33. The second kappa shape index (κ2) is 8.57. The van der Waals surface area contributed by atoms with Gasteiger partial charge < -0.3 is 4.74 Å². The molecule has 0 bridgehead atoms. The van der Waals surface area contributed by atoms with Crippen LogP contribution in [0.15, 0.2) is 63.9 Å². The smallest absolute Gasteiger partial charge is 0.357 e. The van der Waals surface area contributed by atoms with E-state index in [-0.39, 0.29) is 28.7 Å². The molecule has 2 aromatic carbocycles. The quantitative estimate of drug-likeness (QED) is 0.308. The number of benzene rings is 2. The highest BCUT2D eigenvalue weighted by molar-refractivity contribution is 6.46. The minimum Gasteiger partial charge on any atom is -0.461 e. The summed E-state index contributed by atoms with van der Waals surface area (Å²) in [5.74, 6) is -1.46. The maximum Gasteiger partial charge on any atom is 0.357 e. The monoisotopic (exact) mass is 415 g/mol. The first-order valence-electron chi connectivity index (χ1n) is 8.41. The van der Waals surface area contributed by atoms with E-state index in [1.165, 1.54) is 12.1 Å². The predicted octanol–water partition coefficient (Wildman–Crippen LogP) is 3.67. The van der Waals surface area contributed by atoms with Gasteiger partial charge in [0.05, 0.1) is 17.2 Å². The van der Waals surface area contributed by atoms with Crippen LogP contribution in [0.2, 0.25) is 5.02 Å². The summed E-state index contributed by atoms with van der Waals surface area (Å²) in [7, 11) is 0. The lowest BCUT2D eigenvalue weighted by atomic mass is 10.2. The number of azo groups is 1. The third-order valence-corrected chi connectivity index (χ3v) is 4.04. The van der Waals surface area contributed by atoms with E-state index in [1.807, 2.05) is 0 Å². The fourth-order valence-electron chi connectivity index (χ4n) is 2.51. The molecule has 2 aromatic rings. The number of halogens is 1. The van der Waals surface area contributed by atoms with E-state index in [0.29, 0.717) is 5.69 Å². The summed E-state index contributed by atoms with van der Waals surface area (Å²) in [6.45, 7) is 1.68. The number of anilines is 1. The van der Waals surface area contributed by atoms with Crippen molar-refractivity contribution in [2.24, 2.45) is 15.3 Å². The topological polar surface area (TPSA) is 127 Å². The van der Waals surface area contributed by atoms with Gasteiger partial charge in [0, 0.05) is 11.1 Å². The minimum atomic E-state index is -1.40. The lowest BCUT2D eigenvalue weighted by molar-refractivity contribution is -0.384. The van der Waals surface area contributed by atoms with Crippen molar-refractivity contribution in [3.63, 3.8) is 0 Å². The van der Waals surface area contributed by atoms with Crippen LogP contribution < -0.4 is 5.01 Å². The molecule has 148 valence electrons. The van der Waals surface area contributed by atoms with Crippen molar-refractivity contribution in [1.29, 1.82) is 0 Å². The predicted molar refractivity (Wildman–Crippen MR) is 104 cm³/mol. The Balaban J connectivity index is 1.97. The van der Waals surface area contributed by atoms with Gasteiger partial charge >= 0.3 is 5.97 Å². The summed E-state index contributed by atoms with van der Waals surface area (Å²) in [6.07, 6.45) is 0. The van der Waals surface area contributed by atoms with E-state index in [1.54, 1.807) is 37.3 Å². The van der Waals surface area contributed by atoms with Gasteiger partial charge in [-0.3, -0.25) is 14.9 Å². The van der Waals surface area contributed by atoms with Crippen molar-refractivity contribution in [2.45, 2.75) is 13.0 Å². The minimum absolute atomic E-state index is 0.0733. The van der Waals surface area contributed by atoms with Gasteiger partial charge in [-0.25, -0.2) is 4.79 Å². The molecule has 0 radical (unpaired) electrons. The molecular weight excluding hydrogens is 402 g/mol. The van der Waals surface area contributed by atoms with Crippen LogP contribution in [0, 0.1) is 10.1 Å². The van der Waals surface area contributed by atoms with Gasteiger partial charge in [-0.05, 0) is 31.2 Å². The van der Waals surface area contributed by atoms with Crippen LogP contribution in [0.25, 0.3) is 0 Å². The molecule has 0 aromatic heterocycles. The van der Waals surface area contributed by atoms with Gasteiger partial charge in [-0.1, -0.05) is 29.8 Å². The number of nitro groups is 1.